The fourth-order valence-electron chi connectivity index (χ4n) is 1.56. The molecule has 0 saturated heterocycles. The zero-order valence-corrected chi connectivity index (χ0v) is 12.9. The first-order valence-corrected chi connectivity index (χ1v) is 6.94. The van der Waals surface area contributed by atoms with Crippen molar-refractivity contribution in [2.24, 2.45) is 0 Å². The Kier molecular flexibility index (Phi) is 4.42. The SMILES string of the molecule is Cc1ccc(/C=C/C(=O)Nc2ccc(C)c(I)c2)o1. The largest absolute Gasteiger partial charge is 0.462 e. The van der Waals surface area contributed by atoms with Gasteiger partial charge in [0, 0.05) is 15.3 Å². The quantitative estimate of drug-likeness (QED) is 0.654. The van der Waals surface area contributed by atoms with Crippen molar-refractivity contribution in [3.63, 3.8) is 0 Å². The summed E-state index contributed by atoms with van der Waals surface area (Å²) in [5, 5.41) is 2.81. The van der Waals surface area contributed by atoms with Crippen LogP contribution in [0.5, 0.6) is 0 Å². The van der Waals surface area contributed by atoms with E-state index in [1.54, 1.807) is 6.08 Å². The molecule has 1 heterocycles. The van der Waals surface area contributed by atoms with Crippen molar-refractivity contribution in [3.05, 3.63) is 57.1 Å². The van der Waals surface area contributed by atoms with E-state index < -0.39 is 0 Å². The lowest BCUT2D eigenvalue weighted by atomic mass is 10.2. The van der Waals surface area contributed by atoms with Gasteiger partial charge in [0.2, 0.25) is 5.91 Å². The van der Waals surface area contributed by atoms with Crippen molar-refractivity contribution >= 4 is 40.3 Å². The molecule has 0 aliphatic rings. The minimum Gasteiger partial charge on any atom is -0.462 e. The number of halogens is 1. The number of benzene rings is 1. The van der Waals surface area contributed by atoms with Crippen LogP contribution in [0.2, 0.25) is 0 Å². The topological polar surface area (TPSA) is 42.2 Å². The average molecular weight is 367 g/mol. The highest BCUT2D eigenvalue weighted by Gasteiger charge is 2.01. The zero-order chi connectivity index (χ0) is 13.8. The first-order valence-electron chi connectivity index (χ1n) is 5.86. The van der Waals surface area contributed by atoms with Crippen LogP contribution in [0, 0.1) is 17.4 Å². The Morgan fingerprint density at radius 2 is 2.05 bits per heavy atom. The molecule has 2 aromatic rings. The van der Waals surface area contributed by atoms with E-state index in [1.165, 1.54) is 11.6 Å². The van der Waals surface area contributed by atoms with Crippen molar-refractivity contribution in [1.82, 2.24) is 0 Å². The minimum atomic E-state index is -0.172. The molecule has 0 saturated carbocycles. The van der Waals surface area contributed by atoms with Crippen molar-refractivity contribution in [2.45, 2.75) is 13.8 Å². The summed E-state index contributed by atoms with van der Waals surface area (Å²) in [6.45, 7) is 3.90. The molecule has 1 N–H and O–H groups in total. The molecule has 0 radical (unpaired) electrons. The van der Waals surface area contributed by atoms with E-state index in [-0.39, 0.29) is 5.91 Å². The van der Waals surface area contributed by atoms with E-state index in [4.69, 9.17) is 4.42 Å². The van der Waals surface area contributed by atoms with Gasteiger partial charge < -0.3 is 9.73 Å². The Hall–Kier alpha value is -1.56. The van der Waals surface area contributed by atoms with Crippen molar-refractivity contribution in [1.29, 1.82) is 0 Å². The highest BCUT2D eigenvalue weighted by atomic mass is 127. The van der Waals surface area contributed by atoms with E-state index in [1.807, 2.05) is 44.2 Å². The second kappa shape index (κ2) is 6.06. The molecule has 98 valence electrons. The normalized spacial score (nSPS) is 10.9. The number of rotatable bonds is 3. The van der Waals surface area contributed by atoms with Gasteiger partial charge in [0.25, 0.3) is 0 Å². The van der Waals surface area contributed by atoms with Crippen LogP contribution in [-0.2, 0) is 4.79 Å². The molecule has 0 aliphatic carbocycles. The Morgan fingerprint density at radius 3 is 2.68 bits per heavy atom. The van der Waals surface area contributed by atoms with Gasteiger partial charge in [-0.2, -0.15) is 0 Å². The van der Waals surface area contributed by atoms with Crippen LogP contribution < -0.4 is 5.32 Å². The van der Waals surface area contributed by atoms with Gasteiger partial charge in [-0.1, -0.05) is 6.07 Å². The Morgan fingerprint density at radius 1 is 1.26 bits per heavy atom. The number of hydrogen-bond donors (Lipinski definition) is 1. The highest BCUT2D eigenvalue weighted by Crippen LogP contribution is 2.17. The summed E-state index contributed by atoms with van der Waals surface area (Å²) >= 11 is 2.25. The standard InChI is InChI=1S/C15H14INO2/c1-10-3-5-12(9-14(10)16)17-15(18)8-7-13-6-4-11(2)19-13/h3-9H,1-2H3,(H,17,18)/b8-7+. The fraction of sp³-hybridized carbons (Fsp3) is 0.133. The van der Waals surface area contributed by atoms with Gasteiger partial charge in [-0.15, -0.1) is 0 Å². The van der Waals surface area contributed by atoms with E-state index in [0.717, 1.165) is 15.0 Å². The maximum Gasteiger partial charge on any atom is 0.248 e. The summed E-state index contributed by atoms with van der Waals surface area (Å²) < 4.78 is 6.48. The third kappa shape index (κ3) is 3.96. The molecule has 1 aromatic carbocycles. The summed E-state index contributed by atoms with van der Waals surface area (Å²) in [6, 6.07) is 9.50. The summed E-state index contributed by atoms with van der Waals surface area (Å²) in [5.41, 5.74) is 1.99. The van der Waals surface area contributed by atoms with Crippen LogP contribution in [-0.4, -0.2) is 5.91 Å². The number of carbonyl (C=O) groups is 1. The van der Waals surface area contributed by atoms with E-state index in [9.17, 15) is 4.79 Å². The molecule has 0 aliphatic heterocycles. The zero-order valence-electron chi connectivity index (χ0n) is 10.7. The van der Waals surface area contributed by atoms with Crippen LogP contribution >= 0.6 is 22.6 Å². The number of nitrogens with one attached hydrogen (secondary N) is 1. The molecule has 1 amide bonds. The first kappa shape index (κ1) is 13.9. The van der Waals surface area contributed by atoms with Gasteiger partial charge in [0.1, 0.15) is 11.5 Å². The lowest BCUT2D eigenvalue weighted by Gasteiger charge is -2.04. The van der Waals surface area contributed by atoms with Crippen LogP contribution in [0.25, 0.3) is 6.08 Å². The Labute approximate surface area is 125 Å². The van der Waals surface area contributed by atoms with E-state index in [0.29, 0.717) is 5.76 Å². The van der Waals surface area contributed by atoms with Gasteiger partial charge in [-0.3, -0.25) is 4.79 Å². The molecule has 0 fully saturated rings. The van der Waals surface area contributed by atoms with Gasteiger partial charge in [-0.05, 0) is 72.3 Å². The molecule has 3 nitrogen and oxygen atoms in total. The van der Waals surface area contributed by atoms with Gasteiger partial charge in [0.05, 0.1) is 0 Å². The molecule has 4 heteroatoms. The lowest BCUT2D eigenvalue weighted by Crippen LogP contribution is -2.07. The van der Waals surface area contributed by atoms with Crippen LogP contribution in [0.3, 0.4) is 0 Å². The molecule has 1 aromatic heterocycles. The molecular formula is C15H14INO2. The first-order chi connectivity index (χ1) is 9.04. The van der Waals surface area contributed by atoms with Crippen molar-refractivity contribution in [2.75, 3.05) is 5.32 Å². The predicted octanol–water partition coefficient (Wildman–Crippen LogP) is 4.15. The summed E-state index contributed by atoms with van der Waals surface area (Å²) in [6.07, 6.45) is 3.12. The summed E-state index contributed by atoms with van der Waals surface area (Å²) in [5.74, 6) is 1.33. The van der Waals surface area contributed by atoms with E-state index >= 15 is 0 Å². The van der Waals surface area contributed by atoms with Gasteiger partial charge in [-0.25, -0.2) is 0 Å². The molecule has 2 rings (SSSR count). The molecular weight excluding hydrogens is 353 g/mol. The molecule has 19 heavy (non-hydrogen) atoms. The molecule has 0 bridgehead atoms. The summed E-state index contributed by atoms with van der Waals surface area (Å²) in [4.78, 5) is 11.7. The number of amides is 1. The van der Waals surface area contributed by atoms with Gasteiger partial charge >= 0.3 is 0 Å². The maximum absolute atomic E-state index is 11.7. The maximum atomic E-state index is 11.7. The number of aryl methyl sites for hydroxylation is 2. The van der Waals surface area contributed by atoms with Crippen LogP contribution in [0.4, 0.5) is 5.69 Å². The Balaban J connectivity index is 2.01. The average Bonchev–Trinajstić information content (AvgIpc) is 2.77. The second-order valence-corrected chi connectivity index (χ2v) is 5.40. The highest BCUT2D eigenvalue weighted by molar-refractivity contribution is 14.1. The number of furan rings is 1. The van der Waals surface area contributed by atoms with E-state index in [2.05, 4.69) is 27.9 Å². The van der Waals surface area contributed by atoms with Crippen LogP contribution in [0.15, 0.2) is 40.8 Å². The smallest absolute Gasteiger partial charge is 0.248 e. The third-order valence-corrected chi connectivity index (χ3v) is 3.76. The molecule has 0 atom stereocenters. The monoisotopic (exact) mass is 367 g/mol. The number of carbonyl (C=O) groups excluding carboxylic acids is 1. The number of hydrogen-bond acceptors (Lipinski definition) is 2. The fourth-order valence-corrected chi connectivity index (χ4v) is 2.07. The number of anilines is 1. The van der Waals surface area contributed by atoms with Gasteiger partial charge in [0.15, 0.2) is 0 Å². The third-order valence-electron chi connectivity index (χ3n) is 2.60. The molecule has 0 unspecified atom stereocenters. The summed E-state index contributed by atoms with van der Waals surface area (Å²) in [7, 11) is 0. The van der Waals surface area contributed by atoms with Crippen LogP contribution in [0.1, 0.15) is 17.1 Å². The van der Waals surface area contributed by atoms with Crippen molar-refractivity contribution < 1.29 is 9.21 Å². The minimum absolute atomic E-state index is 0.172. The predicted molar refractivity (Wildman–Crippen MR) is 85.0 cm³/mol. The molecule has 0 spiro atoms. The second-order valence-electron chi connectivity index (χ2n) is 4.23. The lowest BCUT2D eigenvalue weighted by molar-refractivity contribution is -0.111. The van der Waals surface area contributed by atoms with Crippen molar-refractivity contribution in [3.8, 4) is 0 Å². The Bertz CT molecular complexity index is 629.